The zero-order valence-electron chi connectivity index (χ0n) is 9.00. The van der Waals surface area contributed by atoms with Crippen molar-refractivity contribution in [3.63, 3.8) is 0 Å². The fraction of sp³-hybridized carbons (Fsp3) is 0.0833. The molecule has 0 saturated heterocycles. The van der Waals surface area contributed by atoms with Gasteiger partial charge in [-0.3, -0.25) is 4.98 Å². The van der Waals surface area contributed by atoms with E-state index >= 15 is 0 Å². The van der Waals surface area contributed by atoms with Crippen LogP contribution in [-0.2, 0) is 6.18 Å². The van der Waals surface area contributed by atoms with Crippen LogP contribution in [0.2, 0.25) is 5.02 Å². The van der Waals surface area contributed by atoms with Crippen LogP contribution in [0.5, 0.6) is 0 Å². The van der Waals surface area contributed by atoms with Gasteiger partial charge in [-0.15, -0.1) is 0 Å². The van der Waals surface area contributed by atoms with Crippen LogP contribution >= 0.6 is 11.6 Å². The Hall–Kier alpha value is -1.75. The molecule has 0 aliphatic rings. The molecule has 1 heterocycles. The van der Waals surface area contributed by atoms with Crippen molar-refractivity contribution in [3.8, 4) is 11.3 Å². The van der Waals surface area contributed by atoms with Crippen molar-refractivity contribution in [3.05, 3.63) is 47.1 Å². The molecule has 0 radical (unpaired) electrons. The molecule has 2 aromatic rings. The number of anilines is 1. The number of nitrogen functional groups attached to an aromatic ring is 1. The van der Waals surface area contributed by atoms with Crippen LogP contribution in [-0.4, -0.2) is 4.98 Å². The van der Waals surface area contributed by atoms with Gasteiger partial charge in [0, 0.05) is 5.56 Å². The molecule has 0 fully saturated rings. The number of rotatable bonds is 1. The number of nitrogens with zero attached hydrogens (tertiary/aromatic N) is 1. The first-order valence-electron chi connectivity index (χ1n) is 4.96. The minimum atomic E-state index is -4.45. The monoisotopic (exact) mass is 272 g/mol. The third-order valence-electron chi connectivity index (χ3n) is 2.36. The molecule has 1 aromatic heterocycles. The first kappa shape index (κ1) is 12.7. The number of alkyl halides is 3. The van der Waals surface area contributed by atoms with Gasteiger partial charge in [-0.05, 0) is 24.3 Å². The summed E-state index contributed by atoms with van der Waals surface area (Å²) in [5, 5.41) is -0.348. The lowest BCUT2D eigenvalue weighted by atomic mass is 10.1. The second-order valence-electron chi connectivity index (χ2n) is 3.67. The Bertz CT molecular complexity index is 565. The molecule has 1 aromatic carbocycles. The van der Waals surface area contributed by atoms with Gasteiger partial charge in [-0.1, -0.05) is 17.7 Å². The van der Waals surface area contributed by atoms with E-state index in [0.717, 1.165) is 6.07 Å². The fourth-order valence-electron chi connectivity index (χ4n) is 1.48. The van der Waals surface area contributed by atoms with Crippen molar-refractivity contribution in [1.82, 2.24) is 4.98 Å². The van der Waals surface area contributed by atoms with E-state index in [1.807, 2.05) is 0 Å². The number of halogens is 4. The quantitative estimate of drug-likeness (QED) is 0.852. The van der Waals surface area contributed by atoms with Gasteiger partial charge in [0.25, 0.3) is 0 Å². The van der Waals surface area contributed by atoms with Crippen LogP contribution in [0, 0.1) is 0 Å². The first-order valence-corrected chi connectivity index (χ1v) is 5.34. The Balaban J connectivity index is 2.43. The van der Waals surface area contributed by atoms with Gasteiger partial charge >= 0.3 is 6.18 Å². The Kier molecular flexibility index (Phi) is 3.17. The Morgan fingerprint density at radius 1 is 1.11 bits per heavy atom. The van der Waals surface area contributed by atoms with E-state index in [2.05, 4.69) is 4.98 Å². The van der Waals surface area contributed by atoms with Crippen LogP contribution in [0.1, 0.15) is 5.56 Å². The number of hydrogen-bond acceptors (Lipinski definition) is 2. The highest BCUT2D eigenvalue weighted by atomic mass is 35.5. The number of nitrogens with two attached hydrogens (primary N) is 1. The molecule has 0 spiro atoms. The molecule has 2 N–H and O–H groups in total. The summed E-state index contributed by atoms with van der Waals surface area (Å²) < 4.78 is 37.6. The zero-order chi connectivity index (χ0) is 13.3. The van der Waals surface area contributed by atoms with E-state index in [4.69, 9.17) is 17.3 Å². The third-order valence-corrected chi connectivity index (χ3v) is 2.67. The number of benzene rings is 1. The first-order chi connectivity index (χ1) is 8.38. The Labute approximate surface area is 106 Å². The van der Waals surface area contributed by atoms with Crippen molar-refractivity contribution in [2.45, 2.75) is 6.18 Å². The van der Waals surface area contributed by atoms with E-state index in [0.29, 0.717) is 16.9 Å². The summed E-state index contributed by atoms with van der Waals surface area (Å²) in [5.41, 5.74) is 6.12. The molecule has 2 nitrogen and oxygen atoms in total. The van der Waals surface area contributed by atoms with Crippen molar-refractivity contribution < 1.29 is 13.2 Å². The molecule has 2 rings (SSSR count). The molecule has 0 atom stereocenters. The van der Waals surface area contributed by atoms with Gasteiger partial charge in [0.1, 0.15) is 0 Å². The van der Waals surface area contributed by atoms with Crippen molar-refractivity contribution in [2.75, 3.05) is 5.73 Å². The maximum Gasteiger partial charge on any atom is 0.417 e. The predicted octanol–water partition coefficient (Wildman–Crippen LogP) is 4.00. The van der Waals surface area contributed by atoms with Gasteiger partial charge in [0.15, 0.2) is 0 Å². The van der Waals surface area contributed by atoms with Crippen molar-refractivity contribution in [1.29, 1.82) is 0 Å². The minimum Gasteiger partial charge on any atom is -0.397 e. The van der Waals surface area contributed by atoms with E-state index in [-0.39, 0.29) is 5.02 Å². The minimum absolute atomic E-state index is 0.348. The van der Waals surface area contributed by atoms with Crippen LogP contribution in [0.25, 0.3) is 11.3 Å². The van der Waals surface area contributed by atoms with Crippen molar-refractivity contribution in [2.24, 2.45) is 0 Å². The van der Waals surface area contributed by atoms with Gasteiger partial charge in [0.2, 0.25) is 0 Å². The summed E-state index contributed by atoms with van der Waals surface area (Å²) in [6.45, 7) is 0. The SMILES string of the molecule is Nc1ccc(-c2ccc(C(F)(F)F)c(Cl)c2)nc1. The molecule has 94 valence electrons. The highest BCUT2D eigenvalue weighted by Gasteiger charge is 2.33. The summed E-state index contributed by atoms with van der Waals surface area (Å²) >= 11 is 5.62. The fourth-order valence-corrected chi connectivity index (χ4v) is 1.77. The van der Waals surface area contributed by atoms with Crippen LogP contribution in [0.4, 0.5) is 18.9 Å². The van der Waals surface area contributed by atoms with E-state index in [1.165, 1.54) is 18.3 Å². The van der Waals surface area contributed by atoms with Crippen LogP contribution < -0.4 is 5.73 Å². The Morgan fingerprint density at radius 3 is 2.33 bits per heavy atom. The highest BCUT2D eigenvalue weighted by Crippen LogP contribution is 2.36. The van der Waals surface area contributed by atoms with Gasteiger partial charge in [0.05, 0.1) is 28.2 Å². The lowest BCUT2D eigenvalue weighted by Gasteiger charge is -2.10. The number of hydrogen-bond donors (Lipinski definition) is 1. The molecule has 0 aliphatic heterocycles. The topological polar surface area (TPSA) is 38.9 Å². The molecular formula is C12H8ClF3N2. The number of pyridine rings is 1. The summed E-state index contributed by atoms with van der Waals surface area (Å²) in [7, 11) is 0. The maximum absolute atomic E-state index is 12.5. The number of aromatic nitrogens is 1. The lowest BCUT2D eigenvalue weighted by molar-refractivity contribution is -0.137. The standard InChI is InChI=1S/C12H8ClF3N2/c13-10-5-7(1-3-9(10)12(14,15)16)11-4-2-8(17)6-18-11/h1-6H,17H2. The molecule has 0 amide bonds. The molecule has 0 saturated carbocycles. The predicted molar refractivity (Wildman–Crippen MR) is 64.1 cm³/mol. The summed E-state index contributed by atoms with van der Waals surface area (Å²) in [4.78, 5) is 4.02. The highest BCUT2D eigenvalue weighted by molar-refractivity contribution is 6.31. The smallest absolute Gasteiger partial charge is 0.397 e. The largest absolute Gasteiger partial charge is 0.417 e. The van der Waals surface area contributed by atoms with E-state index < -0.39 is 11.7 Å². The third kappa shape index (κ3) is 2.56. The molecular weight excluding hydrogens is 265 g/mol. The van der Waals surface area contributed by atoms with Gasteiger partial charge in [-0.25, -0.2) is 0 Å². The lowest BCUT2D eigenvalue weighted by Crippen LogP contribution is -2.05. The maximum atomic E-state index is 12.5. The zero-order valence-corrected chi connectivity index (χ0v) is 9.76. The van der Waals surface area contributed by atoms with Crippen LogP contribution in [0.3, 0.4) is 0 Å². The normalized spacial score (nSPS) is 11.6. The van der Waals surface area contributed by atoms with E-state index in [1.54, 1.807) is 12.1 Å². The summed E-state index contributed by atoms with van der Waals surface area (Å²) in [6.07, 6.45) is -3.02. The average Bonchev–Trinajstić information content (AvgIpc) is 2.28. The van der Waals surface area contributed by atoms with Crippen LogP contribution in [0.15, 0.2) is 36.5 Å². The summed E-state index contributed by atoms with van der Waals surface area (Å²) in [5.74, 6) is 0. The molecule has 6 heteroatoms. The second kappa shape index (κ2) is 4.49. The van der Waals surface area contributed by atoms with Gasteiger partial charge in [-0.2, -0.15) is 13.2 Å². The van der Waals surface area contributed by atoms with E-state index in [9.17, 15) is 13.2 Å². The average molecular weight is 273 g/mol. The van der Waals surface area contributed by atoms with Crippen molar-refractivity contribution >= 4 is 17.3 Å². The summed E-state index contributed by atoms with van der Waals surface area (Å²) in [6, 6.07) is 6.74. The second-order valence-corrected chi connectivity index (χ2v) is 4.08. The Morgan fingerprint density at radius 2 is 1.83 bits per heavy atom. The van der Waals surface area contributed by atoms with Gasteiger partial charge < -0.3 is 5.73 Å². The molecule has 18 heavy (non-hydrogen) atoms. The molecule has 0 aliphatic carbocycles. The molecule has 0 bridgehead atoms. The molecule has 0 unspecified atom stereocenters.